The number of carbonyl (C=O) groups excluding carboxylic acids is 1. The highest BCUT2D eigenvalue weighted by molar-refractivity contribution is 7.16. The predicted molar refractivity (Wildman–Crippen MR) is 91.5 cm³/mol. The van der Waals surface area contributed by atoms with Gasteiger partial charge < -0.3 is 4.90 Å². The van der Waals surface area contributed by atoms with Gasteiger partial charge in [0.05, 0.1) is 21.8 Å². The van der Waals surface area contributed by atoms with Crippen LogP contribution in [0.1, 0.15) is 41.2 Å². The number of likely N-dealkylation sites (tertiary alicyclic amines) is 1. The average Bonchev–Trinajstić information content (AvgIpc) is 3.09. The van der Waals surface area contributed by atoms with Crippen molar-refractivity contribution in [3.05, 3.63) is 59.4 Å². The number of benzene rings is 1. The number of aromatic nitrogens is 2. The Hall–Kier alpha value is -2.27. The second-order valence-electron chi connectivity index (χ2n) is 5.83. The van der Waals surface area contributed by atoms with E-state index in [1.165, 1.54) is 0 Å². The van der Waals surface area contributed by atoms with Crippen molar-refractivity contribution in [3.63, 3.8) is 0 Å². The number of piperidine rings is 1. The van der Waals surface area contributed by atoms with Crippen LogP contribution in [0.2, 0.25) is 0 Å². The number of carbonyl (C=O) groups is 1. The molecule has 3 heterocycles. The first-order valence-corrected chi connectivity index (χ1v) is 8.75. The molecule has 4 rings (SSSR count). The Labute approximate surface area is 138 Å². The molecular weight excluding hydrogens is 306 g/mol. The third-order valence-corrected chi connectivity index (χ3v) is 5.20. The number of hydrogen-bond donors (Lipinski definition) is 0. The maximum absolute atomic E-state index is 13.0. The molecule has 2 aromatic heterocycles. The molecule has 116 valence electrons. The third-order valence-electron chi connectivity index (χ3n) is 4.41. The van der Waals surface area contributed by atoms with Crippen molar-refractivity contribution < 1.29 is 4.79 Å². The van der Waals surface area contributed by atoms with Crippen LogP contribution in [0, 0.1) is 0 Å². The third kappa shape index (κ3) is 2.72. The van der Waals surface area contributed by atoms with Crippen LogP contribution in [-0.2, 0) is 0 Å². The summed E-state index contributed by atoms with van der Waals surface area (Å²) >= 11 is 1.57. The van der Waals surface area contributed by atoms with Gasteiger partial charge in [0, 0.05) is 24.5 Å². The van der Waals surface area contributed by atoms with Crippen LogP contribution in [-0.4, -0.2) is 27.3 Å². The summed E-state index contributed by atoms with van der Waals surface area (Å²) < 4.78 is 1.06. The summed E-state index contributed by atoms with van der Waals surface area (Å²) in [5, 5.41) is 0. The topological polar surface area (TPSA) is 46.1 Å². The Morgan fingerprint density at radius 3 is 3.09 bits per heavy atom. The minimum atomic E-state index is 0.105. The van der Waals surface area contributed by atoms with Gasteiger partial charge in [-0.1, -0.05) is 6.07 Å². The number of rotatable bonds is 2. The predicted octanol–water partition coefficient (Wildman–Crippen LogP) is 4.06. The lowest BCUT2D eigenvalue weighted by Crippen LogP contribution is -2.38. The van der Waals surface area contributed by atoms with Crippen LogP contribution in [0.5, 0.6) is 0 Å². The number of thiazole rings is 1. The molecule has 1 amide bonds. The largest absolute Gasteiger partial charge is 0.332 e. The van der Waals surface area contributed by atoms with Crippen molar-refractivity contribution in [3.8, 4) is 0 Å². The summed E-state index contributed by atoms with van der Waals surface area (Å²) in [4.78, 5) is 23.5. The Kier molecular flexibility index (Phi) is 3.79. The van der Waals surface area contributed by atoms with Gasteiger partial charge in [-0.2, -0.15) is 0 Å². The van der Waals surface area contributed by atoms with Crippen LogP contribution in [0.25, 0.3) is 10.2 Å². The van der Waals surface area contributed by atoms with E-state index in [0.29, 0.717) is 0 Å². The van der Waals surface area contributed by atoms with Crippen molar-refractivity contribution in [2.24, 2.45) is 0 Å². The molecule has 0 bridgehead atoms. The first kappa shape index (κ1) is 14.3. The van der Waals surface area contributed by atoms with Gasteiger partial charge >= 0.3 is 0 Å². The Morgan fingerprint density at radius 2 is 2.22 bits per heavy atom. The van der Waals surface area contributed by atoms with Crippen molar-refractivity contribution in [2.45, 2.75) is 25.3 Å². The minimum Gasteiger partial charge on any atom is -0.332 e. The lowest BCUT2D eigenvalue weighted by Gasteiger charge is -2.36. The molecule has 0 unspecified atom stereocenters. The second-order valence-corrected chi connectivity index (χ2v) is 6.72. The first-order valence-electron chi connectivity index (χ1n) is 7.87. The Bertz CT molecular complexity index is 830. The molecule has 0 spiro atoms. The molecule has 0 saturated carbocycles. The standard InChI is InChI=1S/C18H17N3OS/c22-18(13-6-7-15-17(10-13)23-12-20-15)21-9-2-1-5-16(21)14-4-3-8-19-11-14/h3-4,6-8,10-12,16H,1-2,5,9H2/t16-/m0/s1. The van der Waals surface area contributed by atoms with Crippen LogP contribution in [0.3, 0.4) is 0 Å². The quantitative estimate of drug-likeness (QED) is 0.714. The van der Waals surface area contributed by atoms with Gasteiger partial charge in [0.15, 0.2) is 0 Å². The summed E-state index contributed by atoms with van der Waals surface area (Å²) in [7, 11) is 0. The molecular formula is C18H17N3OS. The van der Waals surface area contributed by atoms with E-state index in [9.17, 15) is 4.79 Å². The molecule has 3 aromatic rings. The molecule has 1 aliphatic heterocycles. The zero-order valence-corrected chi connectivity index (χ0v) is 13.5. The molecule has 0 aliphatic carbocycles. The van der Waals surface area contributed by atoms with E-state index in [4.69, 9.17) is 0 Å². The molecule has 5 heteroatoms. The van der Waals surface area contributed by atoms with Crippen LogP contribution >= 0.6 is 11.3 Å². The number of amides is 1. The zero-order chi connectivity index (χ0) is 15.6. The van der Waals surface area contributed by atoms with Crippen LogP contribution in [0.4, 0.5) is 0 Å². The number of fused-ring (bicyclic) bond motifs is 1. The smallest absolute Gasteiger partial charge is 0.254 e. The van der Waals surface area contributed by atoms with Gasteiger partial charge in [0.1, 0.15) is 0 Å². The fourth-order valence-electron chi connectivity index (χ4n) is 3.25. The van der Waals surface area contributed by atoms with Gasteiger partial charge in [-0.05, 0) is 49.1 Å². The molecule has 1 saturated heterocycles. The molecule has 4 nitrogen and oxygen atoms in total. The lowest BCUT2D eigenvalue weighted by molar-refractivity contribution is 0.0611. The maximum Gasteiger partial charge on any atom is 0.254 e. The van der Waals surface area contributed by atoms with Gasteiger partial charge in [-0.3, -0.25) is 9.78 Å². The Morgan fingerprint density at radius 1 is 1.26 bits per heavy atom. The summed E-state index contributed by atoms with van der Waals surface area (Å²) in [5.41, 5.74) is 4.64. The van der Waals surface area contributed by atoms with Gasteiger partial charge in [-0.25, -0.2) is 4.98 Å². The van der Waals surface area contributed by atoms with Crippen molar-refractivity contribution >= 4 is 27.5 Å². The fourth-order valence-corrected chi connectivity index (χ4v) is 3.96. The lowest BCUT2D eigenvalue weighted by atomic mass is 9.95. The highest BCUT2D eigenvalue weighted by Gasteiger charge is 2.28. The molecule has 23 heavy (non-hydrogen) atoms. The first-order chi connectivity index (χ1) is 11.3. The molecule has 0 radical (unpaired) electrons. The normalized spacial score (nSPS) is 18.3. The van der Waals surface area contributed by atoms with E-state index >= 15 is 0 Å². The van der Waals surface area contributed by atoms with Gasteiger partial charge in [-0.15, -0.1) is 11.3 Å². The van der Waals surface area contributed by atoms with Crippen molar-refractivity contribution in [1.82, 2.24) is 14.9 Å². The number of hydrogen-bond acceptors (Lipinski definition) is 4. The molecule has 1 fully saturated rings. The van der Waals surface area contributed by atoms with Crippen molar-refractivity contribution in [1.29, 1.82) is 0 Å². The minimum absolute atomic E-state index is 0.105. The number of nitrogens with zero attached hydrogens (tertiary/aromatic N) is 3. The van der Waals surface area contributed by atoms with Gasteiger partial charge in [0.2, 0.25) is 0 Å². The van der Waals surface area contributed by atoms with Crippen LogP contribution < -0.4 is 0 Å². The number of pyridine rings is 1. The van der Waals surface area contributed by atoms with Gasteiger partial charge in [0.25, 0.3) is 5.91 Å². The van der Waals surface area contributed by atoms with Crippen molar-refractivity contribution in [2.75, 3.05) is 6.54 Å². The van der Waals surface area contributed by atoms with E-state index in [0.717, 1.165) is 47.2 Å². The van der Waals surface area contributed by atoms with E-state index in [1.54, 1.807) is 17.5 Å². The molecule has 1 aromatic carbocycles. The molecule has 1 atom stereocenters. The zero-order valence-electron chi connectivity index (χ0n) is 12.7. The second kappa shape index (κ2) is 6.08. The highest BCUT2D eigenvalue weighted by Crippen LogP contribution is 2.32. The van der Waals surface area contributed by atoms with E-state index < -0.39 is 0 Å². The average molecular weight is 323 g/mol. The molecule has 1 aliphatic rings. The highest BCUT2D eigenvalue weighted by atomic mass is 32.1. The summed E-state index contributed by atoms with van der Waals surface area (Å²) in [6.07, 6.45) is 6.86. The summed E-state index contributed by atoms with van der Waals surface area (Å²) in [5.74, 6) is 0.105. The monoisotopic (exact) mass is 323 g/mol. The SMILES string of the molecule is O=C(c1ccc2ncsc2c1)N1CCCC[C@H]1c1cccnc1. The van der Waals surface area contributed by atoms with E-state index in [1.807, 2.05) is 40.9 Å². The fraction of sp³-hybridized carbons (Fsp3) is 0.278. The summed E-state index contributed by atoms with van der Waals surface area (Å²) in [6, 6.07) is 9.92. The van der Waals surface area contributed by atoms with E-state index in [-0.39, 0.29) is 11.9 Å². The van der Waals surface area contributed by atoms with E-state index in [2.05, 4.69) is 16.0 Å². The van der Waals surface area contributed by atoms with Crippen LogP contribution in [0.15, 0.2) is 48.2 Å². The summed E-state index contributed by atoms with van der Waals surface area (Å²) in [6.45, 7) is 0.805. The molecule has 0 N–H and O–H groups in total. The Balaban J connectivity index is 1.67. The maximum atomic E-state index is 13.0.